The average molecular weight is 395 g/mol. The molecule has 1 saturated heterocycles. The third-order valence-corrected chi connectivity index (χ3v) is 5.19. The van der Waals surface area contributed by atoms with Gasteiger partial charge in [-0.05, 0) is 37.0 Å². The molecular weight excluding hydrogens is 369 g/mol. The summed E-state index contributed by atoms with van der Waals surface area (Å²) >= 11 is 0. The third-order valence-electron chi connectivity index (χ3n) is 5.19. The highest BCUT2D eigenvalue weighted by Gasteiger charge is 2.35. The van der Waals surface area contributed by atoms with E-state index in [2.05, 4.69) is 15.0 Å². The van der Waals surface area contributed by atoms with Crippen LogP contribution in [0.4, 0.5) is 13.2 Å². The van der Waals surface area contributed by atoms with Crippen molar-refractivity contribution >= 4 is 12.4 Å². The molecule has 3 rings (SSSR count). The predicted octanol–water partition coefficient (Wildman–Crippen LogP) is 4.24. The topological polar surface area (TPSA) is 44.7 Å². The van der Waals surface area contributed by atoms with Gasteiger partial charge in [0, 0.05) is 37.8 Å². The molecule has 2 aliphatic rings. The van der Waals surface area contributed by atoms with Crippen LogP contribution in [-0.2, 0) is 0 Å². The summed E-state index contributed by atoms with van der Waals surface area (Å²) in [5.74, 6) is 0.124. The number of halogens is 4. The van der Waals surface area contributed by atoms with Gasteiger partial charge in [-0.1, -0.05) is 19.3 Å². The lowest BCUT2D eigenvalue weighted by atomic mass is 9.80. The molecule has 0 bridgehead atoms. The molecule has 148 valence electrons. The van der Waals surface area contributed by atoms with E-state index in [9.17, 15) is 18.3 Å². The van der Waals surface area contributed by atoms with Crippen molar-refractivity contribution in [3.05, 3.63) is 23.8 Å². The molecule has 1 heterocycles. The fourth-order valence-electron chi connectivity index (χ4n) is 4.13. The Bertz CT molecular complexity index is 556. The molecule has 2 fully saturated rings. The van der Waals surface area contributed by atoms with E-state index < -0.39 is 6.36 Å². The summed E-state index contributed by atoms with van der Waals surface area (Å²) in [6, 6.07) is 3.78. The fourth-order valence-corrected chi connectivity index (χ4v) is 4.13. The summed E-state index contributed by atoms with van der Waals surface area (Å²) in [4.78, 5) is 2.29. The Labute approximate surface area is 158 Å². The number of aromatic hydroxyl groups is 1. The van der Waals surface area contributed by atoms with E-state index in [1.807, 2.05) is 0 Å². The number of nitrogens with one attached hydrogen (secondary N) is 1. The molecular formula is C18H26ClF3N2O2. The second-order valence-electron chi connectivity index (χ2n) is 6.90. The first-order chi connectivity index (χ1) is 11.9. The van der Waals surface area contributed by atoms with Crippen LogP contribution < -0.4 is 10.1 Å². The summed E-state index contributed by atoms with van der Waals surface area (Å²) < 4.78 is 41.8. The second-order valence-corrected chi connectivity index (χ2v) is 6.90. The molecule has 0 spiro atoms. The number of ether oxygens (including phenoxy) is 1. The minimum atomic E-state index is -4.73. The lowest BCUT2D eigenvalue weighted by Crippen LogP contribution is -2.47. The van der Waals surface area contributed by atoms with E-state index in [-0.39, 0.29) is 29.9 Å². The number of piperazine rings is 1. The highest BCUT2D eigenvalue weighted by atomic mass is 35.5. The number of rotatable bonds is 4. The zero-order chi connectivity index (χ0) is 17.9. The van der Waals surface area contributed by atoms with Crippen molar-refractivity contribution in [2.24, 2.45) is 5.92 Å². The van der Waals surface area contributed by atoms with Crippen LogP contribution in [0.2, 0.25) is 0 Å². The second kappa shape index (κ2) is 9.15. The van der Waals surface area contributed by atoms with Crippen molar-refractivity contribution in [1.82, 2.24) is 10.2 Å². The van der Waals surface area contributed by atoms with Crippen LogP contribution in [-0.4, -0.2) is 42.5 Å². The van der Waals surface area contributed by atoms with Crippen LogP contribution in [0.1, 0.15) is 43.7 Å². The molecule has 1 aliphatic carbocycles. The molecule has 1 saturated carbocycles. The van der Waals surface area contributed by atoms with Gasteiger partial charge in [0.05, 0.1) is 0 Å². The van der Waals surface area contributed by atoms with Gasteiger partial charge in [-0.25, -0.2) is 0 Å². The lowest BCUT2D eigenvalue weighted by Gasteiger charge is -2.41. The maximum absolute atomic E-state index is 12.6. The van der Waals surface area contributed by atoms with E-state index in [1.54, 1.807) is 0 Å². The normalized spacial score (nSPS) is 21.0. The number of phenols is 1. The monoisotopic (exact) mass is 394 g/mol. The molecule has 0 radical (unpaired) electrons. The fraction of sp³-hybridized carbons (Fsp3) is 0.667. The van der Waals surface area contributed by atoms with Gasteiger partial charge in [-0.2, -0.15) is 0 Å². The van der Waals surface area contributed by atoms with Crippen molar-refractivity contribution in [3.63, 3.8) is 0 Å². The number of phenolic OH excluding ortho intramolecular Hbond substituents is 1. The molecule has 4 nitrogen and oxygen atoms in total. The summed E-state index contributed by atoms with van der Waals surface area (Å²) in [6.45, 7) is 3.35. The van der Waals surface area contributed by atoms with Gasteiger partial charge >= 0.3 is 6.36 Å². The SMILES string of the molecule is Cl.Oc1ccc(OC(F)(F)F)cc1[C@@H](C1CCCCC1)N1CCNCC1. The summed E-state index contributed by atoms with van der Waals surface area (Å²) in [7, 11) is 0. The largest absolute Gasteiger partial charge is 0.573 e. The summed E-state index contributed by atoms with van der Waals surface area (Å²) in [5.41, 5.74) is 0.551. The van der Waals surface area contributed by atoms with Gasteiger partial charge in [0.1, 0.15) is 11.5 Å². The number of hydrogen-bond acceptors (Lipinski definition) is 4. The van der Waals surface area contributed by atoms with Crippen molar-refractivity contribution in [2.75, 3.05) is 26.2 Å². The van der Waals surface area contributed by atoms with Crippen molar-refractivity contribution < 1.29 is 23.0 Å². The van der Waals surface area contributed by atoms with Gasteiger partial charge in [-0.3, -0.25) is 4.90 Å². The predicted molar refractivity (Wildman–Crippen MR) is 95.8 cm³/mol. The number of benzene rings is 1. The standard InChI is InChI=1S/C18H25F3N2O2.ClH/c19-18(20,21)25-14-6-7-16(24)15(12-14)17(13-4-2-1-3-5-13)23-10-8-22-9-11-23;/h6-7,12-13,17,22,24H,1-5,8-11H2;1H/t17-;/m1./s1. The Morgan fingerprint density at radius 3 is 2.38 bits per heavy atom. The van der Waals surface area contributed by atoms with Crippen molar-refractivity contribution in [1.29, 1.82) is 0 Å². The van der Waals surface area contributed by atoms with Crippen LogP contribution in [0, 0.1) is 5.92 Å². The quantitative estimate of drug-likeness (QED) is 0.801. The molecule has 1 aromatic carbocycles. The minimum absolute atomic E-state index is 0. The Morgan fingerprint density at radius 2 is 1.77 bits per heavy atom. The summed E-state index contributed by atoms with van der Waals surface area (Å²) in [5, 5.41) is 13.7. The molecule has 2 N–H and O–H groups in total. The minimum Gasteiger partial charge on any atom is -0.508 e. The van der Waals surface area contributed by atoms with Gasteiger partial charge in [-0.15, -0.1) is 25.6 Å². The Morgan fingerprint density at radius 1 is 1.12 bits per heavy atom. The van der Waals surface area contributed by atoms with Crippen LogP contribution in [0.25, 0.3) is 0 Å². The Hall–Kier alpha value is -1.18. The highest BCUT2D eigenvalue weighted by molar-refractivity contribution is 5.85. The van der Waals surface area contributed by atoms with E-state index in [0.717, 1.165) is 51.9 Å². The molecule has 1 atom stereocenters. The van der Waals surface area contributed by atoms with E-state index in [1.165, 1.54) is 24.6 Å². The summed E-state index contributed by atoms with van der Waals surface area (Å²) in [6.07, 6.45) is 0.813. The van der Waals surface area contributed by atoms with E-state index in [0.29, 0.717) is 11.5 Å². The smallest absolute Gasteiger partial charge is 0.508 e. The molecule has 8 heteroatoms. The van der Waals surface area contributed by atoms with Crippen LogP contribution in [0.5, 0.6) is 11.5 Å². The highest BCUT2D eigenvalue weighted by Crippen LogP contribution is 2.43. The van der Waals surface area contributed by atoms with E-state index in [4.69, 9.17) is 0 Å². The Kier molecular flexibility index (Phi) is 7.43. The maximum atomic E-state index is 12.6. The van der Waals surface area contributed by atoms with Crippen molar-refractivity contribution in [2.45, 2.75) is 44.5 Å². The maximum Gasteiger partial charge on any atom is 0.573 e. The molecule has 0 unspecified atom stereocenters. The average Bonchev–Trinajstić information content (AvgIpc) is 2.59. The number of alkyl halides is 3. The zero-order valence-corrected chi connectivity index (χ0v) is 15.4. The van der Waals surface area contributed by atoms with Gasteiger partial charge in [0.2, 0.25) is 0 Å². The van der Waals surface area contributed by atoms with Crippen LogP contribution in [0.15, 0.2) is 18.2 Å². The molecule has 1 aromatic rings. The molecule has 26 heavy (non-hydrogen) atoms. The Balaban J connectivity index is 0.00000243. The third kappa shape index (κ3) is 5.41. The first kappa shape index (κ1) is 21.1. The van der Waals surface area contributed by atoms with Gasteiger partial charge in [0.15, 0.2) is 0 Å². The first-order valence-electron chi connectivity index (χ1n) is 8.97. The lowest BCUT2D eigenvalue weighted by molar-refractivity contribution is -0.274. The molecule has 1 aliphatic heterocycles. The van der Waals surface area contributed by atoms with E-state index >= 15 is 0 Å². The van der Waals surface area contributed by atoms with Gasteiger partial charge in [0.25, 0.3) is 0 Å². The number of hydrogen-bond donors (Lipinski definition) is 2. The molecule has 0 aromatic heterocycles. The number of nitrogens with zero attached hydrogens (tertiary/aromatic N) is 1. The zero-order valence-electron chi connectivity index (χ0n) is 14.6. The van der Waals surface area contributed by atoms with Gasteiger partial charge < -0.3 is 15.2 Å². The van der Waals surface area contributed by atoms with Crippen LogP contribution >= 0.6 is 12.4 Å². The molecule has 0 amide bonds. The van der Waals surface area contributed by atoms with Crippen molar-refractivity contribution in [3.8, 4) is 11.5 Å². The first-order valence-corrected chi connectivity index (χ1v) is 8.97. The van der Waals surface area contributed by atoms with Crippen LogP contribution in [0.3, 0.4) is 0 Å².